The Balaban J connectivity index is 1.71. The van der Waals surface area contributed by atoms with Gasteiger partial charge in [-0.25, -0.2) is 0 Å². The predicted octanol–water partition coefficient (Wildman–Crippen LogP) is 1.86. The highest BCUT2D eigenvalue weighted by Crippen LogP contribution is 2.23. The van der Waals surface area contributed by atoms with Crippen molar-refractivity contribution in [1.82, 2.24) is 0 Å². The van der Waals surface area contributed by atoms with Crippen molar-refractivity contribution >= 4 is 23.3 Å². The van der Waals surface area contributed by atoms with E-state index in [1.165, 1.54) is 5.56 Å². The van der Waals surface area contributed by atoms with Crippen LogP contribution < -0.4 is 16.4 Å². The van der Waals surface area contributed by atoms with Crippen LogP contribution in [0.4, 0.5) is 11.4 Å². The molecule has 6 nitrogen and oxygen atoms in total. The molecule has 0 saturated heterocycles. The summed E-state index contributed by atoms with van der Waals surface area (Å²) < 4.78 is 0. The molecule has 6 heteroatoms. The van der Waals surface area contributed by atoms with Crippen molar-refractivity contribution in [2.75, 3.05) is 17.2 Å². The number of rotatable bonds is 5. The number of carboxylic acid groups (broad SMARTS) is 1. The van der Waals surface area contributed by atoms with Crippen LogP contribution in [0.1, 0.15) is 21.5 Å². The topological polar surface area (TPSA) is 104 Å². The Bertz CT molecular complexity index is 789. The molecule has 0 radical (unpaired) electrons. The first-order chi connectivity index (χ1) is 11.5. The molecule has 0 fully saturated rings. The van der Waals surface area contributed by atoms with Crippen molar-refractivity contribution in [2.45, 2.75) is 18.9 Å². The summed E-state index contributed by atoms with van der Waals surface area (Å²) >= 11 is 0. The smallest absolute Gasteiger partial charge is 0.320 e. The molecule has 1 aliphatic rings. The fourth-order valence-electron chi connectivity index (χ4n) is 2.75. The van der Waals surface area contributed by atoms with E-state index in [-0.39, 0.29) is 12.3 Å². The second-order valence-corrected chi connectivity index (χ2v) is 5.85. The van der Waals surface area contributed by atoms with Crippen LogP contribution in [0.2, 0.25) is 0 Å². The molecule has 5 N–H and O–H groups in total. The van der Waals surface area contributed by atoms with Crippen LogP contribution >= 0.6 is 0 Å². The molecule has 1 unspecified atom stereocenters. The third-order valence-electron chi connectivity index (χ3n) is 4.04. The van der Waals surface area contributed by atoms with Gasteiger partial charge in [0.15, 0.2) is 0 Å². The summed E-state index contributed by atoms with van der Waals surface area (Å²) in [5, 5.41) is 15.0. The van der Waals surface area contributed by atoms with E-state index in [9.17, 15) is 9.59 Å². The summed E-state index contributed by atoms with van der Waals surface area (Å²) in [7, 11) is 0. The number of amides is 1. The van der Waals surface area contributed by atoms with Gasteiger partial charge in [0.1, 0.15) is 6.04 Å². The Morgan fingerprint density at radius 3 is 2.88 bits per heavy atom. The number of hydrogen-bond donors (Lipinski definition) is 4. The van der Waals surface area contributed by atoms with Gasteiger partial charge in [0.2, 0.25) is 0 Å². The lowest BCUT2D eigenvalue weighted by molar-refractivity contribution is -0.138. The minimum atomic E-state index is -1.05. The fourth-order valence-corrected chi connectivity index (χ4v) is 2.75. The van der Waals surface area contributed by atoms with Gasteiger partial charge in [0.05, 0.1) is 0 Å². The Morgan fingerprint density at radius 1 is 1.25 bits per heavy atom. The maximum atomic E-state index is 12.4. The molecular formula is C18H19N3O3. The molecule has 2 aromatic carbocycles. The lowest BCUT2D eigenvalue weighted by Gasteiger charge is -2.10. The number of hydrogen-bond acceptors (Lipinski definition) is 4. The van der Waals surface area contributed by atoms with E-state index in [4.69, 9.17) is 10.8 Å². The number of carbonyl (C=O) groups is 2. The van der Waals surface area contributed by atoms with Gasteiger partial charge in [-0.05, 0) is 48.2 Å². The zero-order chi connectivity index (χ0) is 17.1. The first-order valence-electron chi connectivity index (χ1n) is 7.78. The highest BCUT2D eigenvalue weighted by molar-refractivity contribution is 6.05. The van der Waals surface area contributed by atoms with Crippen molar-refractivity contribution in [1.29, 1.82) is 0 Å². The number of nitrogens with one attached hydrogen (secondary N) is 2. The fraction of sp³-hybridized carbons (Fsp3) is 0.222. The third kappa shape index (κ3) is 3.55. The molecule has 0 spiro atoms. The molecule has 1 aliphatic heterocycles. The number of benzene rings is 2. The minimum absolute atomic E-state index is 0.203. The van der Waals surface area contributed by atoms with Gasteiger partial charge in [0.25, 0.3) is 5.91 Å². The highest BCUT2D eigenvalue weighted by atomic mass is 16.4. The van der Waals surface area contributed by atoms with Gasteiger partial charge in [-0.2, -0.15) is 0 Å². The number of carbonyl (C=O) groups excluding carboxylic acids is 1. The summed E-state index contributed by atoms with van der Waals surface area (Å²) in [5.74, 6) is -1.25. The summed E-state index contributed by atoms with van der Waals surface area (Å²) in [4.78, 5) is 23.2. The van der Waals surface area contributed by atoms with Gasteiger partial charge < -0.3 is 21.5 Å². The number of nitrogens with two attached hydrogens (primary N) is 1. The van der Waals surface area contributed by atoms with Crippen LogP contribution in [0.15, 0.2) is 42.5 Å². The Labute approximate surface area is 139 Å². The van der Waals surface area contributed by atoms with Crippen LogP contribution in [-0.4, -0.2) is 29.6 Å². The molecule has 1 heterocycles. The lowest BCUT2D eigenvalue weighted by atomic mass is 10.1. The van der Waals surface area contributed by atoms with E-state index >= 15 is 0 Å². The number of aliphatic carboxylic acids is 1. The zero-order valence-corrected chi connectivity index (χ0v) is 13.1. The van der Waals surface area contributed by atoms with Gasteiger partial charge >= 0.3 is 5.97 Å². The SMILES string of the molecule is NC(Cc1cccc(NC(=O)c2ccc3c(c2)NCC3)c1)C(=O)O. The van der Waals surface area contributed by atoms with Gasteiger partial charge in [0, 0.05) is 23.5 Å². The van der Waals surface area contributed by atoms with Crippen molar-refractivity contribution in [3.8, 4) is 0 Å². The number of fused-ring (bicyclic) bond motifs is 1. The average molecular weight is 325 g/mol. The van der Waals surface area contributed by atoms with E-state index in [0.29, 0.717) is 11.3 Å². The Morgan fingerprint density at radius 2 is 2.08 bits per heavy atom. The van der Waals surface area contributed by atoms with Gasteiger partial charge in [-0.1, -0.05) is 18.2 Å². The van der Waals surface area contributed by atoms with Crippen molar-refractivity contribution in [3.63, 3.8) is 0 Å². The summed E-state index contributed by atoms with van der Waals surface area (Å²) in [6, 6.07) is 11.7. The van der Waals surface area contributed by atoms with Crippen LogP contribution in [0.25, 0.3) is 0 Å². The minimum Gasteiger partial charge on any atom is -0.480 e. The summed E-state index contributed by atoms with van der Waals surface area (Å²) in [5.41, 5.74) is 9.73. The highest BCUT2D eigenvalue weighted by Gasteiger charge is 2.15. The van der Waals surface area contributed by atoms with E-state index in [2.05, 4.69) is 10.6 Å². The lowest BCUT2D eigenvalue weighted by Crippen LogP contribution is -2.32. The molecule has 2 aromatic rings. The second kappa shape index (κ2) is 6.72. The molecule has 3 rings (SSSR count). The Hall–Kier alpha value is -2.86. The second-order valence-electron chi connectivity index (χ2n) is 5.85. The first kappa shape index (κ1) is 16.0. The third-order valence-corrected chi connectivity index (χ3v) is 4.04. The average Bonchev–Trinajstić information content (AvgIpc) is 3.02. The molecule has 0 bridgehead atoms. The largest absolute Gasteiger partial charge is 0.480 e. The van der Waals surface area contributed by atoms with E-state index in [1.54, 1.807) is 24.3 Å². The first-order valence-corrected chi connectivity index (χ1v) is 7.78. The van der Waals surface area contributed by atoms with Crippen molar-refractivity contribution in [3.05, 3.63) is 59.2 Å². The molecule has 1 atom stereocenters. The zero-order valence-electron chi connectivity index (χ0n) is 13.1. The quantitative estimate of drug-likeness (QED) is 0.672. The molecule has 0 aromatic heterocycles. The molecule has 0 saturated carbocycles. The van der Waals surface area contributed by atoms with Crippen molar-refractivity contribution in [2.24, 2.45) is 5.73 Å². The summed E-state index contributed by atoms with van der Waals surface area (Å²) in [6.07, 6.45) is 1.19. The molecule has 0 aliphatic carbocycles. The van der Waals surface area contributed by atoms with Crippen LogP contribution in [0.3, 0.4) is 0 Å². The van der Waals surface area contributed by atoms with E-state index < -0.39 is 12.0 Å². The van der Waals surface area contributed by atoms with Gasteiger partial charge in [-0.3, -0.25) is 9.59 Å². The van der Waals surface area contributed by atoms with Crippen LogP contribution in [0.5, 0.6) is 0 Å². The monoisotopic (exact) mass is 325 g/mol. The van der Waals surface area contributed by atoms with Crippen LogP contribution in [0, 0.1) is 0 Å². The molecular weight excluding hydrogens is 306 g/mol. The predicted molar refractivity (Wildman–Crippen MR) is 92.3 cm³/mol. The standard InChI is InChI=1S/C18H19N3O3/c19-15(18(23)24)9-11-2-1-3-14(8-11)21-17(22)13-5-4-12-6-7-20-16(12)10-13/h1-5,8,10,15,20H,6-7,9,19H2,(H,21,22)(H,23,24). The normalized spacial score (nSPS) is 13.7. The number of carboxylic acids is 1. The summed E-state index contributed by atoms with van der Waals surface area (Å²) in [6.45, 7) is 0.895. The molecule has 24 heavy (non-hydrogen) atoms. The number of anilines is 2. The molecule has 1 amide bonds. The maximum Gasteiger partial charge on any atom is 0.320 e. The molecule has 124 valence electrons. The van der Waals surface area contributed by atoms with Crippen LogP contribution in [-0.2, 0) is 17.6 Å². The van der Waals surface area contributed by atoms with E-state index in [1.807, 2.05) is 18.2 Å². The van der Waals surface area contributed by atoms with Gasteiger partial charge in [-0.15, -0.1) is 0 Å². The van der Waals surface area contributed by atoms with E-state index in [0.717, 1.165) is 24.2 Å². The van der Waals surface area contributed by atoms with Crippen molar-refractivity contribution < 1.29 is 14.7 Å². The Kier molecular flexibility index (Phi) is 4.48. The maximum absolute atomic E-state index is 12.4.